The third-order valence-corrected chi connectivity index (χ3v) is 5.16. The van der Waals surface area contributed by atoms with E-state index in [0.29, 0.717) is 5.69 Å². The summed E-state index contributed by atoms with van der Waals surface area (Å²) in [6.07, 6.45) is 2.57. The monoisotopic (exact) mass is 345 g/mol. The summed E-state index contributed by atoms with van der Waals surface area (Å²) < 4.78 is 5.39. The van der Waals surface area contributed by atoms with Crippen LogP contribution in [0.25, 0.3) is 0 Å². The first-order chi connectivity index (χ1) is 11.6. The van der Waals surface area contributed by atoms with Gasteiger partial charge in [0, 0.05) is 38.1 Å². The Bertz CT molecular complexity index is 669. The van der Waals surface area contributed by atoms with E-state index in [4.69, 9.17) is 4.74 Å². The minimum absolute atomic E-state index is 0.0344. The summed E-state index contributed by atoms with van der Waals surface area (Å²) in [5.74, 6) is -0.0344. The highest BCUT2D eigenvalue weighted by atomic mass is 32.1. The number of thiophene rings is 1. The van der Waals surface area contributed by atoms with Gasteiger partial charge in [-0.05, 0) is 47.9 Å². The molecule has 0 saturated carbocycles. The molecule has 1 aliphatic rings. The number of morpholine rings is 1. The van der Waals surface area contributed by atoms with Crippen molar-refractivity contribution >= 4 is 22.9 Å². The highest BCUT2D eigenvalue weighted by Gasteiger charge is 2.20. The van der Waals surface area contributed by atoms with E-state index in [-0.39, 0.29) is 11.9 Å². The van der Waals surface area contributed by atoms with Crippen LogP contribution in [0, 0.1) is 0 Å². The van der Waals surface area contributed by atoms with E-state index >= 15 is 0 Å². The van der Waals surface area contributed by atoms with Gasteiger partial charge in [-0.3, -0.25) is 9.78 Å². The number of hydrogen-bond donors (Lipinski definition) is 0. The largest absolute Gasteiger partial charge is 0.378 e. The van der Waals surface area contributed by atoms with Gasteiger partial charge in [0.2, 0.25) is 0 Å². The minimum atomic E-state index is -0.0344. The van der Waals surface area contributed by atoms with E-state index in [1.807, 2.05) is 19.2 Å². The van der Waals surface area contributed by atoms with E-state index in [9.17, 15) is 4.79 Å². The zero-order chi connectivity index (χ0) is 16.9. The van der Waals surface area contributed by atoms with Gasteiger partial charge in [-0.2, -0.15) is 11.3 Å². The molecule has 128 valence electrons. The summed E-state index contributed by atoms with van der Waals surface area (Å²) in [4.78, 5) is 21.1. The zero-order valence-corrected chi connectivity index (χ0v) is 15.0. The molecular formula is C18H23N3O2S. The normalized spacial score (nSPS) is 16.0. The number of carbonyl (C=O) groups excluding carboxylic acids is 1. The number of likely N-dealkylation sites (N-methyl/N-ethyl adjacent to an activating group) is 1. The lowest BCUT2D eigenvalue weighted by molar-refractivity contribution is 0.0737. The summed E-state index contributed by atoms with van der Waals surface area (Å²) in [5.41, 5.74) is 2.80. The average Bonchev–Trinajstić information content (AvgIpc) is 3.14. The summed E-state index contributed by atoms with van der Waals surface area (Å²) in [6.45, 7) is 5.22. The molecular weight excluding hydrogens is 322 g/mol. The minimum Gasteiger partial charge on any atom is -0.378 e. The van der Waals surface area contributed by atoms with Gasteiger partial charge in [-0.15, -0.1) is 0 Å². The molecule has 3 heterocycles. The van der Waals surface area contributed by atoms with Crippen LogP contribution in [0.15, 0.2) is 35.2 Å². The van der Waals surface area contributed by atoms with Crippen molar-refractivity contribution in [2.24, 2.45) is 0 Å². The molecule has 6 heteroatoms. The van der Waals surface area contributed by atoms with Crippen molar-refractivity contribution in [3.63, 3.8) is 0 Å². The first-order valence-corrected chi connectivity index (χ1v) is 9.16. The third kappa shape index (κ3) is 3.94. The standard InChI is InChI=1S/C18H23N3O2S/c1-14(11-15-4-10-24-13-15)20(2)18(22)17-12-16(3-5-19-17)21-6-8-23-9-7-21/h3-5,10,12-14H,6-9,11H2,1-2H3/t14-/m1/s1. The highest BCUT2D eigenvalue weighted by molar-refractivity contribution is 7.07. The Balaban J connectivity index is 1.69. The number of aromatic nitrogens is 1. The molecule has 2 aromatic rings. The first-order valence-electron chi connectivity index (χ1n) is 8.22. The van der Waals surface area contributed by atoms with Crippen LogP contribution in [0.4, 0.5) is 5.69 Å². The van der Waals surface area contributed by atoms with Crippen LogP contribution >= 0.6 is 11.3 Å². The Hall–Kier alpha value is -1.92. The van der Waals surface area contributed by atoms with Crippen molar-refractivity contribution in [1.29, 1.82) is 0 Å². The molecule has 0 N–H and O–H groups in total. The van der Waals surface area contributed by atoms with Crippen LogP contribution in [0.1, 0.15) is 23.0 Å². The molecule has 5 nitrogen and oxygen atoms in total. The van der Waals surface area contributed by atoms with Gasteiger partial charge in [0.15, 0.2) is 0 Å². The number of carbonyl (C=O) groups is 1. The van der Waals surface area contributed by atoms with Crippen LogP contribution in [-0.2, 0) is 11.2 Å². The molecule has 0 aliphatic carbocycles. The van der Waals surface area contributed by atoms with Crippen molar-refractivity contribution in [1.82, 2.24) is 9.88 Å². The Morgan fingerprint density at radius 1 is 1.42 bits per heavy atom. The lowest BCUT2D eigenvalue weighted by Gasteiger charge is -2.29. The van der Waals surface area contributed by atoms with Crippen molar-refractivity contribution in [2.75, 3.05) is 38.3 Å². The number of anilines is 1. The van der Waals surface area contributed by atoms with Gasteiger partial charge in [0.1, 0.15) is 5.69 Å². The molecule has 24 heavy (non-hydrogen) atoms. The summed E-state index contributed by atoms with van der Waals surface area (Å²) >= 11 is 1.68. The van der Waals surface area contributed by atoms with Crippen LogP contribution in [0.3, 0.4) is 0 Å². The van der Waals surface area contributed by atoms with E-state index in [0.717, 1.165) is 38.4 Å². The predicted octanol–water partition coefficient (Wildman–Crippen LogP) is 2.68. The molecule has 2 aromatic heterocycles. The van der Waals surface area contributed by atoms with E-state index < -0.39 is 0 Å². The topological polar surface area (TPSA) is 45.7 Å². The molecule has 0 radical (unpaired) electrons. The smallest absolute Gasteiger partial charge is 0.272 e. The second-order valence-electron chi connectivity index (χ2n) is 6.10. The number of pyridine rings is 1. The van der Waals surface area contributed by atoms with Gasteiger partial charge in [-0.25, -0.2) is 0 Å². The Labute approximate surface area is 146 Å². The molecule has 1 atom stereocenters. The molecule has 0 bridgehead atoms. The lowest BCUT2D eigenvalue weighted by atomic mass is 10.1. The lowest BCUT2D eigenvalue weighted by Crippen LogP contribution is -2.38. The van der Waals surface area contributed by atoms with Crippen LogP contribution in [0.5, 0.6) is 0 Å². The molecule has 3 rings (SSSR count). The fourth-order valence-corrected chi connectivity index (χ4v) is 3.50. The molecule has 1 saturated heterocycles. The second-order valence-corrected chi connectivity index (χ2v) is 6.88. The molecule has 0 aromatic carbocycles. The molecule has 1 aliphatic heterocycles. The van der Waals surface area contributed by atoms with Crippen molar-refractivity contribution in [3.8, 4) is 0 Å². The van der Waals surface area contributed by atoms with Crippen molar-refractivity contribution in [3.05, 3.63) is 46.4 Å². The van der Waals surface area contributed by atoms with Crippen molar-refractivity contribution in [2.45, 2.75) is 19.4 Å². The fraction of sp³-hybridized carbons (Fsp3) is 0.444. The summed E-state index contributed by atoms with van der Waals surface area (Å²) in [6, 6.07) is 6.08. The Morgan fingerprint density at radius 3 is 2.92 bits per heavy atom. The summed E-state index contributed by atoms with van der Waals surface area (Å²) in [7, 11) is 1.85. The number of nitrogens with zero attached hydrogens (tertiary/aromatic N) is 3. The molecule has 0 spiro atoms. The maximum Gasteiger partial charge on any atom is 0.272 e. The van der Waals surface area contributed by atoms with Crippen LogP contribution < -0.4 is 4.90 Å². The SMILES string of the molecule is C[C@H](Cc1ccsc1)N(C)C(=O)c1cc(N2CCOCC2)ccn1. The van der Waals surface area contributed by atoms with E-state index in [2.05, 4.69) is 33.6 Å². The Kier molecular flexibility index (Phi) is 5.48. The highest BCUT2D eigenvalue weighted by Crippen LogP contribution is 2.18. The van der Waals surface area contributed by atoms with Gasteiger partial charge in [0.05, 0.1) is 13.2 Å². The molecule has 0 unspecified atom stereocenters. The van der Waals surface area contributed by atoms with Crippen LogP contribution in [0.2, 0.25) is 0 Å². The predicted molar refractivity (Wildman–Crippen MR) is 96.8 cm³/mol. The first kappa shape index (κ1) is 16.9. The van der Waals surface area contributed by atoms with Crippen molar-refractivity contribution < 1.29 is 9.53 Å². The van der Waals surface area contributed by atoms with Gasteiger partial charge in [0.25, 0.3) is 5.91 Å². The quantitative estimate of drug-likeness (QED) is 0.836. The third-order valence-electron chi connectivity index (χ3n) is 4.43. The Morgan fingerprint density at radius 2 is 2.21 bits per heavy atom. The van der Waals surface area contributed by atoms with Gasteiger partial charge in [-0.1, -0.05) is 0 Å². The maximum absolute atomic E-state index is 12.8. The molecule has 1 fully saturated rings. The number of hydrogen-bond acceptors (Lipinski definition) is 5. The average molecular weight is 345 g/mol. The van der Waals surface area contributed by atoms with Crippen LogP contribution in [-0.4, -0.2) is 55.2 Å². The summed E-state index contributed by atoms with van der Waals surface area (Å²) in [5, 5.41) is 4.20. The van der Waals surface area contributed by atoms with E-state index in [1.165, 1.54) is 5.56 Å². The van der Waals surface area contributed by atoms with Gasteiger partial charge < -0.3 is 14.5 Å². The fourth-order valence-electron chi connectivity index (χ4n) is 2.82. The number of rotatable bonds is 5. The van der Waals surface area contributed by atoms with E-state index in [1.54, 1.807) is 22.4 Å². The maximum atomic E-state index is 12.8. The van der Waals surface area contributed by atoms with Gasteiger partial charge >= 0.3 is 0 Å². The second kappa shape index (κ2) is 7.77. The number of amides is 1. The molecule has 1 amide bonds. The zero-order valence-electron chi connectivity index (χ0n) is 14.1. The number of ether oxygens (including phenoxy) is 1.